The molecule has 0 aliphatic heterocycles. The van der Waals surface area contributed by atoms with Gasteiger partial charge in [-0.3, -0.25) is 0 Å². The Kier molecular flexibility index (Phi) is 2.61. The van der Waals surface area contributed by atoms with Crippen LogP contribution in [0.1, 0.15) is 0 Å². The first kappa shape index (κ1) is 11.3. The Morgan fingerprint density at radius 3 is 2.78 bits per heavy atom. The van der Waals surface area contributed by atoms with E-state index in [1.165, 1.54) is 0 Å². The zero-order valence-electron chi connectivity index (χ0n) is 9.22. The standard InChI is InChI=1S/C13H9ClN2OS/c14-8-2-4-12-10(6-8)16-13(18-12)7-1-3-9(15)11(17)5-7/h1-6,17H,15H2. The number of thiazole rings is 1. The number of benzene rings is 2. The second-order valence-electron chi connectivity index (χ2n) is 3.90. The fraction of sp³-hybridized carbons (Fsp3) is 0. The van der Waals surface area contributed by atoms with Gasteiger partial charge in [0.1, 0.15) is 10.8 Å². The summed E-state index contributed by atoms with van der Waals surface area (Å²) in [5.74, 6) is 0.0739. The Balaban J connectivity index is 2.16. The number of anilines is 1. The van der Waals surface area contributed by atoms with Crippen molar-refractivity contribution < 1.29 is 5.11 Å². The molecule has 0 aliphatic rings. The van der Waals surface area contributed by atoms with Crippen LogP contribution in [0.4, 0.5) is 5.69 Å². The number of fused-ring (bicyclic) bond motifs is 1. The van der Waals surface area contributed by atoms with Crippen molar-refractivity contribution in [3.05, 3.63) is 41.4 Å². The lowest BCUT2D eigenvalue weighted by atomic mass is 10.2. The predicted octanol–water partition coefficient (Wildman–Crippen LogP) is 3.90. The zero-order valence-corrected chi connectivity index (χ0v) is 10.8. The Labute approximate surface area is 112 Å². The van der Waals surface area contributed by atoms with E-state index >= 15 is 0 Å². The molecule has 0 bridgehead atoms. The van der Waals surface area contributed by atoms with E-state index in [-0.39, 0.29) is 5.75 Å². The number of nitrogens with two attached hydrogens (primary N) is 1. The lowest BCUT2D eigenvalue weighted by molar-refractivity contribution is 0.478. The maximum atomic E-state index is 9.61. The minimum absolute atomic E-state index is 0.0739. The van der Waals surface area contributed by atoms with Crippen molar-refractivity contribution in [3.8, 4) is 16.3 Å². The molecule has 0 saturated carbocycles. The Morgan fingerprint density at radius 1 is 1.17 bits per heavy atom. The molecule has 5 heteroatoms. The van der Waals surface area contributed by atoms with Crippen LogP contribution in [-0.4, -0.2) is 10.1 Å². The van der Waals surface area contributed by atoms with Gasteiger partial charge in [-0.05, 0) is 36.4 Å². The highest BCUT2D eigenvalue weighted by atomic mass is 35.5. The van der Waals surface area contributed by atoms with Gasteiger partial charge < -0.3 is 10.8 Å². The first-order valence-corrected chi connectivity index (χ1v) is 6.48. The molecule has 0 spiro atoms. The van der Waals surface area contributed by atoms with Gasteiger partial charge in [-0.2, -0.15) is 0 Å². The summed E-state index contributed by atoms with van der Waals surface area (Å²) < 4.78 is 1.06. The molecule has 0 fully saturated rings. The van der Waals surface area contributed by atoms with Crippen molar-refractivity contribution in [1.82, 2.24) is 4.98 Å². The fourth-order valence-corrected chi connectivity index (χ4v) is 2.81. The van der Waals surface area contributed by atoms with Crippen LogP contribution < -0.4 is 5.73 Å². The molecule has 90 valence electrons. The lowest BCUT2D eigenvalue weighted by Gasteiger charge is -2.00. The summed E-state index contributed by atoms with van der Waals surface area (Å²) in [7, 11) is 0. The molecule has 0 radical (unpaired) electrons. The third kappa shape index (κ3) is 1.89. The van der Waals surface area contributed by atoms with E-state index in [9.17, 15) is 5.11 Å². The molecule has 2 aromatic carbocycles. The molecule has 3 aromatic rings. The second-order valence-corrected chi connectivity index (χ2v) is 5.37. The number of aromatic nitrogens is 1. The first-order chi connectivity index (χ1) is 8.63. The molecule has 18 heavy (non-hydrogen) atoms. The summed E-state index contributed by atoms with van der Waals surface area (Å²) in [5, 5.41) is 11.1. The Morgan fingerprint density at radius 2 is 2.00 bits per heavy atom. The molecule has 0 aliphatic carbocycles. The average Bonchev–Trinajstić information content (AvgIpc) is 2.75. The Bertz CT molecular complexity index is 739. The monoisotopic (exact) mass is 276 g/mol. The van der Waals surface area contributed by atoms with Crippen molar-refractivity contribution >= 4 is 38.8 Å². The van der Waals surface area contributed by atoms with Crippen molar-refractivity contribution in [3.63, 3.8) is 0 Å². The summed E-state index contributed by atoms with van der Waals surface area (Å²) in [6, 6.07) is 10.7. The van der Waals surface area contributed by atoms with Crippen LogP contribution in [-0.2, 0) is 0 Å². The third-order valence-corrected chi connectivity index (χ3v) is 3.95. The van der Waals surface area contributed by atoms with E-state index in [1.807, 2.05) is 24.3 Å². The molecular weight excluding hydrogens is 268 g/mol. The van der Waals surface area contributed by atoms with Crippen LogP contribution in [0.15, 0.2) is 36.4 Å². The minimum atomic E-state index is 0.0739. The van der Waals surface area contributed by atoms with E-state index in [0.717, 1.165) is 20.8 Å². The molecule has 0 saturated heterocycles. The summed E-state index contributed by atoms with van der Waals surface area (Å²) >= 11 is 7.48. The molecule has 0 unspecified atom stereocenters. The van der Waals surface area contributed by atoms with Gasteiger partial charge in [0.2, 0.25) is 0 Å². The van der Waals surface area contributed by atoms with E-state index in [2.05, 4.69) is 4.98 Å². The van der Waals surface area contributed by atoms with E-state index < -0.39 is 0 Å². The number of nitrogens with zero attached hydrogens (tertiary/aromatic N) is 1. The van der Waals surface area contributed by atoms with Crippen LogP contribution in [0.5, 0.6) is 5.75 Å². The molecular formula is C13H9ClN2OS. The number of hydrogen-bond acceptors (Lipinski definition) is 4. The number of nitrogen functional groups attached to an aromatic ring is 1. The number of hydrogen-bond donors (Lipinski definition) is 2. The number of phenols is 1. The van der Waals surface area contributed by atoms with Gasteiger partial charge in [0, 0.05) is 10.6 Å². The highest BCUT2D eigenvalue weighted by Gasteiger charge is 2.08. The molecule has 1 heterocycles. The number of rotatable bonds is 1. The van der Waals surface area contributed by atoms with Crippen LogP contribution >= 0.6 is 22.9 Å². The van der Waals surface area contributed by atoms with E-state index in [0.29, 0.717) is 10.7 Å². The maximum absolute atomic E-state index is 9.61. The molecule has 3 nitrogen and oxygen atoms in total. The summed E-state index contributed by atoms with van der Waals surface area (Å²) in [6.07, 6.45) is 0. The normalized spacial score (nSPS) is 10.9. The van der Waals surface area contributed by atoms with Crippen molar-refractivity contribution in [2.45, 2.75) is 0 Å². The summed E-state index contributed by atoms with van der Waals surface area (Å²) in [6.45, 7) is 0. The zero-order chi connectivity index (χ0) is 12.7. The summed E-state index contributed by atoms with van der Waals surface area (Å²) in [5.41, 5.74) is 7.65. The lowest BCUT2D eigenvalue weighted by Crippen LogP contribution is -1.85. The summed E-state index contributed by atoms with van der Waals surface area (Å²) in [4.78, 5) is 4.50. The van der Waals surface area contributed by atoms with Gasteiger partial charge >= 0.3 is 0 Å². The van der Waals surface area contributed by atoms with Gasteiger partial charge in [0.25, 0.3) is 0 Å². The molecule has 3 N–H and O–H groups in total. The SMILES string of the molecule is Nc1ccc(-c2nc3cc(Cl)ccc3s2)cc1O. The fourth-order valence-electron chi connectivity index (χ4n) is 1.70. The van der Waals surface area contributed by atoms with Gasteiger partial charge in [0.15, 0.2) is 0 Å². The number of phenolic OH excluding ortho intramolecular Hbond substituents is 1. The van der Waals surface area contributed by atoms with Crippen LogP contribution in [0.25, 0.3) is 20.8 Å². The molecule has 1 aromatic heterocycles. The van der Waals surface area contributed by atoms with Gasteiger partial charge in [-0.15, -0.1) is 11.3 Å². The molecule has 0 amide bonds. The maximum Gasteiger partial charge on any atom is 0.139 e. The van der Waals surface area contributed by atoms with Crippen molar-refractivity contribution in [2.24, 2.45) is 0 Å². The van der Waals surface area contributed by atoms with E-state index in [4.69, 9.17) is 17.3 Å². The van der Waals surface area contributed by atoms with Crippen molar-refractivity contribution in [1.29, 1.82) is 0 Å². The largest absolute Gasteiger partial charge is 0.506 e. The van der Waals surface area contributed by atoms with Crippen molar-refractivity contribution in [2.75, 3.05) is 5.73 Å². The van der Waals surface area contributed by atoms with Gasteiger partial charge in [-0.1, -0.05) is 11.6 Å². The smallest absolute Gasteiger partial charge is 0.139 e. The quantitative estimate of drug-likeness (QED) is 0.523. The second kappa shape index (κ2) is 4.15. The van der Waals surface area contributed by atoms with E-state index in [1.54, 1.807) is 23.5 Å². The first-order valence-electron chi connectivity index (χ1n) is 5.28. The Hall–Kier alpha value is -1.78. The number of halogens is 1. The van der Waals surface area contributed by atoms with Gasteiger partial charge in [0.05, 0.1) is 15.9 Å². The average molecular weight is 277 g/mol. The molecule has 0 atom stereocenters. The predicted molar refractivity (Wildman–Crippen MR) is 76.1 cm³/mol. The van der Waals surface area contributed by atoms with Crippen LogP contribution in [0.3, 0.4) is 0 Å². The van der Waals surface area contributed by atoms with Gasteiger partial charge in [-0.25, -0.2) is 4.98 Å². The minimum Gasteiger partial charge on any atom is -0.506 e. The number of aromatic hydroxyl groups is 1. The topological polar surface area (TPSA) is 59.1 Å². The molecule has 3 rings (SSSR count). The van der Waals surface area contributed by atoms with Crippen LogP contribution in [0, 0.1) is 0 Å². The highest BCUT2D eigenvalue weighted by Crippen LogP contribution is 2.34. The highest BCUT2D eigenvalue weighted by molar-refractivity contribution is 7.21. The van der Waals surface area contributed by atoms with Crippen LogP contribution in [0.2, 0.25) is 5.02 Å². The third-order valence-electron chi connectivity index (χ3n) is 2.63.